The molecule has 2 aliphatic heterocycles. The number of hydrogen-bond donors (Lipinski definition) is 2. The molecule has 1 aromatic heterocycles. The normalized spacial score (nSPS) is 21.4. The third-order valence-corrected chi connectivity index (χ3v) is 7.30. The van der Waals surface area contributed by atoms with Crippen LogP contribution in [0, 0.1) is 0 Å². The van der Waals surface area contributed by atoms with E-state index in [2.05, 4.69) is 54.7 Å². The van der Waals surface area contributed by atoms with E-state index < -0.39 is 0 Å². The van der Waals surface area contributed by atoms with E-state index in [9.17, 15) is 0 Å². The first-order valence-electron chi connectivity index (χ1n) is 12.4. The third-order valence-electron chi connectivity index (χ3n) is 7.30. The first kappa shape index (κ1) is 24.3. The summed E-state index contributed by atoms with van der Waals surface area (Å²) in [6.45, 7) is 1.93. The molecule has 33 heavy (non-hydrogen) atoms. The molecule has 1 unspecified atom stereocenters. The van der Waals surface area contributed by atoms with Gasteiger partial charge in [-0.2, -0.15) is 0 Å². The molecule has 180 valence electrons. The summed E-state index contributed by atoms with van der Waals surface area (Å²) in [4.78, 5) is 4.51. The van der Waals surface area contributed by atoms with Crippen molar-refractivity contribution < 1.29 is 4.74 Å². The van der Waals surface area contributed by atoms with E-state index in [1.165, 1.54) is 43.5 Å². The van der Waals surface area contributed by atoms with Crippen LogP contribution in [0.5, 0.6) is 5.75 Å². The molecule has 5 rings (SSSR count). The molecule has 2 N–H and O–H groups in total. The van der Waals surface area contributed by atoms with Crippen LogP contribution in [0.15, 0.2) is 29.3 Å². The quantitative estimate of drug-likeness (QED) is 0.241. The molecule has 1 saturated carbocycles. The molecule has 1 aromatic carbocycles. The predicted octanol–water partition coefficient (Wildman–Crippen LogP) is 4.56. The SMILES string of the molecule is CN=C(NCCCc1nnc2n1CCCCC2)NC1CC2(CCCC2)Oc2ccccc21.I. The standard InChI is InChI=1S/C25H36N6O.HI/c1-26-24(27-16-9-13-23-30-29-22-12-3-2-8-17-31(22)23)28-20-18-25(14-6-7-15-25)32-21-11-5-4-10-19(20)21;/h4-5,10-11,20H,2-3,6-9,12-18H2,1H3,(H2,26,27,28);1H. The fourth-order valence-electron chi connectivity index (χ4n) is 5.62. The van der Waals surface area contributed by atoms with E-state index in [1.807, 2.05) is 7.05 Å². The largest absolute Gasteiger partial charge is 0.487 e. The molecule has 0 bridgehead atoms. The van der Waals surface area contributed by atoms with E-state index in [4.69, 9.17) is 4.74 Å². The molecule has 1 aliphatic carbocycles. The van der Waals surface area contributed by atoms with Crippen molar-refractivity contribution in [2.45, 2.75) is 88.8 Å². The molecule has 1 spiro atoms. The number of rotatable bonds is 5. The van der Waals surface area contributed by atoms with E-state index in [1.54, 1.807) is 0 Å². The number of para-hydroxylation sites is 1. The molecule has 0 amide bonds. The number of aryl methyl sites for hydroxylation is 2. The van der Waals surface area contributed by atoms with Crippen molar-refractivity contribution in [1.82, 2.24) is 25.4 Å². The van der Waals surface area contributed by atoms with Crippen molar-refractivity contribution >= 4 is 29.9 Å². The minimum atomic E-state index is -0.0175. The Balaban J connectivity index is 0.00000259. The van der Waals surface area contributed by atoms with E-state index >= 15 is 0 Å². The Morgan fingerprint density at radius 3 is 2.85 bits per heavy atom. The Morgan fingerprint density at radius 2 is 2.00 bits per heavy atom. The van der Waals surface area contributed by atoms with E-state index in [0.29, 0.717) is 0 Å². The smallest absolute Gasteiger partial charge is 0.191 e. The van der Waals surface area contributed by atoms with Crippen LogP contribution in [0.1, 0.15) is 81.0 Å². The van der Waals surface area contributed by atoms with E-state index in [0.717, 1.165) is 69.1 Å². The van der Waals surface area contributed by atoms with Crippen molar-refractivity contribution in [1.29, 1.82) is 0 Å². The van der Waals surface area contributed by atoms with Crippen molar-refractivity contribution in [2.75, 3.05) is 13.6 Å². The van der Waals surface area contributed by atoms with Gasteiger partial charge in [-0.3, -0.25) is 4.99 Å². The number of fused-ring (bicyclic) bond motifs is 2. The summed E-state index contributed by atoms with van der Waals surface area (Å²) < 4.78 is 8.85. The van der Waals surface area contributed by atoms with E-state index in [-0.39, 0.29) is 35.6 Å². The second-order valence-corrected chi connectivity index (χ2v) is 9.53. The molecule has 0 radical (unpaired) electrons. The second-order valence-electron chi connectivity index (χ2n) is 9.53. The van der Waals surface area contributed by atoms with Gasteiger partial charge in [0.2, 0.25) is 0 Å². The van der Waals surface area contributed by atoms with Crippen molar-refractivity contribution in [2.24, 2.45) is 4.99 Å². The molecular formula is C25H37IN6O. The molecule has 3 heterocycles. The van der Waals surface area contributed by atoms with Gasteiger partial charge in [-0.15, -0.1) is 34.2 Å². The van der Waals surface area contributed by atoms with Crippen molar-refractivity contribution in [3.63, 3.8) is 0 Å². The van der Waals surface area contributed by atoms with Crippen LogP contribution in [0.2, 0.25) is 0 Å². The number of benzene rings is 1. The molecule has 1 atom stereocenters. The van der Waals surface area contributed by atoms with Crippen LogP contribution >= 0.6 is 24.0 Å². The van der Waals surface area contributed by atoms with Crippen LogP contribution in [-0.2, 0) is 19.4 Å². The topological polar surface area (TPSA) is 76.4 Å². The molecule has 3 aliphatic rings. The Kier molecular flexibility index (Phi) is 8.14. The number of halogens is 1. The summed E-state index contributed by atoms with van der Waals surface area (Å²) in [6.07, 6.45) is 12.6. The predicted molar refractivity (Wildman–Crippen MR) is 141 cm³/mol. The summed E-state index contributed by atoms with van der Waals surface area (Å²) in [5.41, 5.74) is 1.22. The highest BCUT2D eigenvalue weighted by atomic mass is 127. The Morgan fingerprint density at radius 1 is 1.15 bits per heavy atom. The summed E-state index contributed by atoms with van der Waals surface area (Å²) in [7, 11) is 1.85. The molecule has 0 saturated heterocycles. The van der Waals surface area contributed by atoms with Crippen LogP contribution in [0.3, 0.4) is 0 Å². The maximum Gasteiger partial charge on any atom is 0.191 e. The van der Waals surface area contributed by atoms with Gasteiger partial charge in [0.05, 0.1) is 6.04 Å². The first-order chi connectivity index (χ1) is 15.8. The van der Waals surface area contributed by atoms with Gasteiger partial charge in [0, 0.05) is 45.0 Å². The summed E-state index contributed by atoms with van der Waals surface area (Å²) in [5.74, 6) is 4.19. The lowest BCUT2D eigenvalue weighted by molar-refractivity contribution is 0.0396. The van der Waals surface area contributed by atoms with Gasteiger partial charge in [-0.05, 0) is 51.0 Å². The minimum absolute atomic E-state index is 0. The number of aliphatic imine (C=N–C) groups is 1. The zero-order valence-corrected chi connectivity index (χ0v) is 22.0. The van der Waals surface area contributed by atoms with Crippen LogP contribution < -0.4 is 15.4 Å². The van der Waals surface area contributed by atoms with Gasteiger partial charge >= 0.3 is 0 Å². The number of hydrogen-bond acceptors (Lipinski definition) is 4. The molecule has 2 aromatic rings. The van der Waals surface area contributed by atoms with Gasteiger partial charge in [-0.25, -0.2) is 0 Å². The number of nitrogens with one attached hydrogen (secondary N) is 2. The fraction of sp³-hybridized carbons (Fsp3) is 0.640. The number of guanidine groups is 1. The van der Waals surface area contributed by atoms with Crippen LogP contribution in [-0.4, -0.2) is 39.9 Å². The van der Waals surface area contributed by atoms with Gasteiger partial charge in [0.1, 0.15) is 23.0 Å². The number of aromatic nitrogens is 3. The Bertz CT molecular complexity index is 952. The van der Waals surface area contributed by atoms with Crippen molar-refractivity contribution in [3.8, 4) is 5.75 Å². The minimum Gasteiger partial charge on any atom is -0.487 e. The number of ether oxygens (including phenoxy) is 1. The van der Waals surface area contributed by atoms with Gasteiger partial charge in [-0.1, -0.05) is 24.6 Å². The highest BCUT2D eigenvalue weighted by molar-refractivity contribution is 14.0. The maximum atomic E-state index is 6.50. The molecule has 1 fully saturated rings. The lowest BCUT2D eigenvalue weighted by atomic mass is 9.86. The molecular weight excluding hydrogens is 527 g/mol. The monoisotopic (exact) mass is 564 g/mol. The number of nitrogens with zero attached hydrogens (tertiary/aromatic N) is 4. The zero-order chi connectivity index (χ0) is 21.8. The molecule has 8 heteroatoms. The van der Waals surface area contributed by atoms with Gasteiger partial charge in [0.25, 0.3) is 0 Å². The average molecular weight is 565 g/mol. The van der Waals surface area contributed by atoms with Gasteiger partial charge in [0.15, 0.2) is 5.96 Å². The fourth-order valence-corrected chi connectivity index (χ4v) is 5.62. The average Bonchev–Trinajstić information content (AvgIpc) is 3.34. The lowest BCUT2D eigenvalue weighted by Gasteiger charge is -2.40. The summed E-state index contributed by atoms with van der Waals surface area (Å²) in [5, 5.41) is 16.1. The zero-order valence-electron chi connectivity index (χ0n) is 19.7. The summed E-state index contributed by atoms with van der Waals surface area (Å²) >= 11 is 0. The Hall–Kier alpha value is -1.84. The summed E-state index contributed by atoms with van der Waals surface area (Å²) in [6, 6.07) is 8.68. The van der Waals surface area contributed by atoms with Crippen LogP contribution in [0.4, 0.5) is 0 Å². The highest BCUT2D eigenvalue weighted by Crippen LogP contribution is 2.46. The third kappa shape index (κ3) is 5.46. The highest BCUT2D eigenvalue weighted by Gasteiger charge is 2.43. The molecule has 7 nitrogen and oxygen atoms in total. The first-order valence-corrected chi connectivity index (χ1v) is 12.4. The second kappa shape index (κ2) is 11.1. The Labute approximate surface area is 214 Å². The maximum absolute atomic E-state index is 6.50. The lowest BCUT2D eigenvalue weighted by Crippen LogP contribution is -2.46. The van der Waals surface area contributed by atoms with Crippen molar-refractivity contribution in [3.05, 3.63) is 41.5 Å². The van der Waals surface area contributed by atoms with Crippen LogP contribution in [0.25, 0.3) is 0 Å². The van der Waals surface area contributed by atoms with Gasteiger partial charge < -0.3 is 19.9 Å².